The van der Waals surface area contributed by atoms with Crippen LogP contribution >= 0.6 is 0 Å². The molecule has 2 aromatic rings. The first-order valence-electron chi connectivity index (χ1n) is 11.5. The number of nitrogens with zero attached hydrogens (tertiary/aromatic N) is 2. The molecular weight excluding hydrogens is 450 g/mol. The van der Waals surface area contributed by atoms with Gasteiger partial charge in [-0.2, -0.15) is 0 Å². The van der Waals surface area contributed by atoms with Crippen LogP contribution in [0.25, 0.3) is 0 Å². The van der Waals surface area contributed by atoms with Gasteiger partial charge >= 0.3 is 0 Å². The van der Waals surface area contributed by atoms with Gasteiger partial charge in [0.05, 0.1) is 11.9 Å². The average molecular weight is 488 g/mol. The molecule has 2 rings (SSSR count). The van der Waals surface area contributed by atoms with E-state index in [1.807, 2.05) is 71.9 Å². The molecule has 1 atom stereocenters. The second-order valence-corrected chi connectivity index (χ2v) is 11.1. The Labute approximate surface area is 204 Å². The van der Waals surface area contributed by atoms with Gasteiger partial charge in [0.15, 0.2) is 0 Å². The number of anilines is 1. The Bertz CT molecular complexity index is 1110. The van der Waals surface area contributed by atoms with Gasteiger partial charge in [-0.1, -0.05) is 42.8 Å². The maximum atomic E-state index is 13.7. The third-order valence-electron chi connectivity index (χ3n) is 5.43. The van der Waals surface area contributed by atoms with Crippen molar-refractivity contribution in [3.8, 4) is 0 Å². The predicted molar refractivity (Wildman–Crippen MR) is 137 cm³/mol. The fraction of sp³-hybridized carbons (Fsp3) is 0.462. The zero-order chi connectivity index (χ0) is 25.6. The molecule has 7 nitrogen and oxygen atoms in total. The fourth-order valence-electron chi connectivity index (χ4n) is 4.02. The first kappa shape index (κ1) is 27.4. The fourth-order valence-corrected chi connectivity index (χ4v) is 4.85. The van der Waals surface area contributed by atoms with Crippen molar-refractivity contribution in [2.45, 2.75) is 66.6 Å². The molecule has 186 valence electrons. The van der Waals surface area contributed by atoms with E-state index >= 15 is 0 Å². The van der Waals surface area contributed by atoms with Crippen molar-refractivity contribution in [1.82, 2.24) is 10.2 Å². The molecule has 0 aliphatic heterocycles. The molecule has 2 aromatic carbocycles. The first-order chi connectivity index (χ1) is 15.8. The second-order valence-electron chi connectivity index (χ2n) is 9.21. The maximum absolute atomic E-state index is 13.7. The van der Waals surface area contributed by atoms with Crippen LogP contribution in [-0.2, 0) is 26.2 Å². The number of carbonyl (C=O) groups is 2. The molecule has 34 heavy (non-hydrogen) atoms. The smallest absolute Gasteiger partial charge is 0.244 e. The Balaban J connectivity index is 2.48. The van der Waals surface area contributed by atoms with Gasteiger partial charge in [-0.15, -0.1) is 0 Å². The number of aryl methyl sites for hydroxylation is 3. The van der Waals surface area contributed by atoms with Crippen molar-refractivity contribution < 1.29 is 18.0 Å². The minimum absolute atomic E-state index is 0.0831. The number of carbonyl (C=O) groups excluding carboxylic acids is 2. The van der Waals surface area contributed by atoms with E-state index in [0.29, 0.717) is 12.1 Å². The van der Waals surface area contributed by atoms with Crippen molar-refractivity contribution in [2.75, 3.05) is 17.1 Å². The van der Waals surface area contributed by atoms with Gasteiger partial charge in [-0.25, -0.2) is 8.42 Å². The Kier molecular flexibility index (Phi) is 9.27. The van der Waals surface area contributed by atoms with Crippen LogP contribution in [-0.4, -0.2) is 50.0 Å². The van der Waals surface area contributed by atoms with E-state index in [4.69, 9.17) is 0 Å². The summed E-state index contributed by atoms with van der Waals surface area (Å²) in [5.74, 6) is -0.687. The first-order valence-corrected chi connectivity index (χ1v) is 13.4. The molecule has 0 fully saturated rings. The van der Waals surface area contributed by atoms with Gasteiger partial charge < -0.3 is 10.2 Å². The highest BCUT2D eigenvalue weighted by Gasteiger charge is 2.32. The van der Waals surface area contributed by atoms with Crippen molar-refractivity contribution in [1.29, 1.82) is 0 Å². The van der Waals surface area contributed by atoms with E-state index in [9.17, 15) is 18.0 Å². The van der Waals surface area contributed by atoms with Gasteiger partial charge in [-0.05, 0) is 69.9 Å². The molecular formula is C26H37N3O4S. The van der Waals surface area contributed by atoms with Crippen molar-refractivity contribution in [2.24, 2.45) is 0 Å². The molecule has 2 amide bonds. The third-order valence-corrected chi connectivity index (χ3v) is 6.57. The summed E-state index contributed by atoms with van der Waals surface area (Å²) >= 11 is 0. The van der Waals surface area contributed by atoms with Crippen LogP contribution in [0.2, 0.25) is 0 Å². The molecule has 0 aliphatic rings. The highest BCUT2D eigenvalue weighted by atomic mass is 32.2. The topological polar surface area (TPSA) is 86.8 Å². The van der Waals surface area contributed by atoms with Gasteiger partial charge in [0.2, 0.25) is 21.8 Å². The van der Waals surface area contributed by atoms with Crippen molar-refractivity contribution in [3.05, 3.63) is 64.7 Å². The molecule has 0 bridgehead atoms. The number of hydrogen-bond acceptors (Lipinski definition) is 4. The largest absolute Gasteiger partial charge is 0.352 e. The molecule has 0 saturated carbocycles. The Morgan fingerprint density at radius 2 is 1.59 bits per heavy atom. The van der Waals surface area contributed by atoms with E-state index in [1.165, 1.54) is 4.90 Å². The lowest BCUT2D eigenvalue weighted by atomic mass is 10.1. The SMILES string of the molecule is CC[C@H](C(=O)NC(C)C)N(Cc1cccc(C)c1)C(=O)CN(c1cc(C)cc(C)c1)S(C)(=O)=O. The Hall–Kier alpha value is -2.87. The minimum Gasteiger partial charge on any atom is -0.352 e. The van der Waals surface area contributed by atoms with Crippen LogP contribution < -0.4 is 9.62 Å². The lowest BCUT2D eigenvalue weighted by Crippen LogP contribution is -2.53. The van der Waals surface area contributed by atoms with E-state index in [2.05, 4.69) is 5.32 Å². The standard InChI is InChI=1S/C26H37N3O4S/c1-8-24(26(31)27-18(2)3)28(16-22-11-9-10-19(4)13-22)25(30)17-29(34(7,32)33)23-14-20(5)12-21(6)15-23/h9-15,18,24H,8,16-17H2,1-7H3,(H,27,31)/t24-/m1/s1. The normalized spacial score (nSPS) is 12.4. The summed E-state index contributed by atoms with van der Waals surface area (Å²) in [6, 6.07) is 12.4. The van der Waals surface area contributed by atoms with E-state index in [-0.39, 0.29) is 25.0 Å². The zero-order valence-electron chi connectivity index (χ0n) is 21.3. The average Bonchev–Trinajstić information content (AvgIpc) is 2.69. The summed E-state index contributed by atoms with van der Waals surface area (Å²) in [6.07, 6.45) is 1.49. The van der Waals surface area contributed by atoms with E-state index in [1.54, 1.807) is 12.1 Å². The van der Waals surface area contributed by atoms with Crippen LogP contribution in [0.1, 0.15) is 49.4 Å². The second kappa shape index (κ2) is 11.5. The van der Waals surface area contributed by atoms with Gasteiger partial charge in [0.25, 0.3) is 0 Å². The summed E-state index contributed by atoms with van der Waals surface area (Å²) in [6.45, 7) is 11.1. The van der Waals surface area contributed by atoms with E-state index < -0.39 is 22.0 Å². The summed E-state index contributed by atoms with van der Waals surface area (Å²) in [7, 11) is -3.75. The number of benzene rings is 2. The minimum atomic E-state index is -3.75. The van der Waals surface area contributed by atoms with Crippen LogP contribution in [0.5, 0.6) is 0 Å². The summed E-state index contributed by atoms with van der Waals surface area (Å²) in [4.78, 5) is 28.1. The van der Waals surface area contributed by atoms with E-state index in [0.717, 1.165) is 32.8 Å². The van der Waals surface area contributed by atoms with Gasteiger partial charge in [-0.3, -0.25) is 13.9 Å². The van der Waals surface area contributed by atoms with Gasteiger partial charge in [0.1, 0.15) is 12.6 Å². The van der Waals surface area contributed by atoms with Gasteiger partial charge in [0, 0.05) is 12.6 Å². The zero-order valence-corrected chi connectivity index (χ0v) is 22.1. The number of sulfonamides is 1. The summed E-state index contributed by atoms with van der Waals surface area (Å²) < 4.78 is 26.5. The molecule has 0 aliphatic carbocycles. The number of amides is 2. The van der Waals surface area contributed by atoms with Crippen LogP contribution in [0.3, 0.4) is 0 Å². The molecule has 0 unspecified atom stereocenters. The summed E-state index contributed by atoms with van der Waals surface area (Å²) in [5, 5.41) is 2.89. The number of nitrogens with one attached hydrogen (secondary N) is 1. The molecule has 8 heteroatoms. The molecule has 0 spiro atoms. The highest BCUT2D eigenvalue weighted by Crippen LogP contribution is 2.22. The molecule has 0 saturated heterocycles. The molecule has 0 heterocycles. The Morgan fingerprint density at radius 3 is 2.09 bits per heavy atom. The maximum Gasteiger partial charge on any atom is 0.244 e. The number of hydrogen-bond donors (Lipinski definition) is 1. The Morgan fingerprint density at radius 1 is 0.971 bits per heavy atom. The quantitative estimate of drug-likeness (QED) is 0.554. The monoisotopic (exact) mass is 487 g/mol. The van der Waals surface area contributed by atoms with Crippen LogP contribution in [0.4, 0.5) is 5.69 Å². The van der Waals surface area contributed by atoms with Crippen molar-refractivity contribution in [3.63, 3.8) is 0 Å². The third kappa shape index (κ3) is 7.58. The summed E-state index contributed by atoms with van der Waals surface area (Å²) in [5.41, 5.74) is 4.15. The molecule has 1 N–H and O–H groups in total. The predicted octanol–water partition coefficient (Wildman–Crippen LogP) is 3.71. The molecule has 0 radical (unpaired) electrons. The van der Waals surface area contributed by atoms with Crippen LogP contribution in [0, 0.1) is 20.8 Å². The molecule has 0 aromatic heterocycles. The van der Waals surface area contributed by atoms with Crippen LogP contribution in [0.15, 0.2) is 42.5 Å². The highest BCUT2D eigenvalue weighted by molar-refractivity contribution is 7.92. The number of rotatable bonds is 10. The van der Waals surface area contributed by atoms with Crippen molar-refractivity contribution >= 4 is 27.5 Å². The lowest BCUT2D eigenvalue weighted by Gasteiger charge is -2.33. The lowest BCUT2D eigenvalue weighted by molar-refractivity contribution is -0.140.